The van der Waals surface area contributed by atoms with Gasteiger partial charge in [-0.05, 0) is 25.5 Å². The largest absolute Gasteiger partial charge is 0.395 e. The molecule has 0 spiro atoms. The maximum absolute atomic E-state index is 6.05. The Bertz CT molecular complexity index is 464. The molecule has 15 heavy (non-hydrogen) atoms. The van der Waals surface area contributed by atoms with E-state index in [2.05, 4.69) is 30.2 Å². The predicted molar refractivity (Wildman–Crippen MR) is 67.4 cm³/mol. The maximum Gasteiger partial charge on any atom is 0.106 e. The van der Waals surface area contributed by atoms with Crippen LogP contribution in [0.15, 0.2) is 17.6 Å². The van der Waals surface area contributed by atoms with Crippen molar-refractivity contribution in [3.8, 4) is 0 Å². The first-order valence-electron chi connectivity index (χ1n) is 5.10. The molecule has 0 saturated carbocycles. The van der Waals surface area contributed by atoms with Crippen LogP contribution in [0, 0.1) is 0 Å². The van der Waals surface area contributed by atoms with Crippen molar-refractivity contribution in [3.63, 3.8) is 0 Å². The minimum absolute atomic E-state index is 0.434. The molecule has 1 heterocycles. The highest BCUT2D eigenvalue weighted by atomic mass is 32.1. The Kier molecular flexibility index (Phi) is 2.77. The van der Waals surface area contributed by atoms with Crippen LogP contribution in [0.5, 0.6) is 0 Å². The molecule has 3 N–H and O–H groups in total. The number of anilines is 2. The van der Waals surface area contributed by atoms with Gasteiger partial charge in [-0.25, -0.2) is 4.98 Å². The van der Waals surface area contributed by atoms with E-state index in [9.17, 15) is 0 Å². The summed E-state index contributed by atoms with van der Waals surface area (Å²) in [6.45, 7) is 4.29. The Balaban J connectivity index is 2.39. The number of aromatic nitrogens is 1. The van der Waals surface area contributed by atoms with Crippen LogP contribution in [0.3, 0.4) is 0 Å². The topological polar surface area (TPSA) is 50.9 Å². The van der Waals surface area contributed by atoms with Crippen molar-refractivity contribution in [1.82, 2.24) is 4.98 Å². The predicted octanol–water partition coefficient (Wildman–Crippen LogP) is 3.09. The lowest BCUT2D eigenvalue weighted by Crippen LogP contribution is -2.14. The molecule has 0 saturated heterocycles. The Morgan fingerprint density at radius 2 is 2.33 bits per heavy atom. The molecule has 4 heteroatoms. The number of nitrogen functional groups attached to an aromatic ring is 1. The van der Waals surface area contributed by atoms with Crippen molar-refractivity contribution in [1.29, 1.82) is 0 Å². The van der Waals surface area contributed by atoms with E-state index in [1.54, 1.807) is 11.3 Å². The van der Waals surface area contributed by atoms with E-state index >= 15 is 0 Å². The molecular weight excluding hydrogens is 206 g/mol. The number of nitrogens with two attached hydrogens (primary N) is 1. The molecule has 80 valence electrons. The van der Waals surface area contributed by atoms with Crippen LogP contribution in [0.2, 0.25) is 0 Å². The van der Waals surface area contributed by atoms with Gasteiger partial charge in [0.15, 0.2) is 0 Å². The maximum atomic E-state index is 6.05. The van der Waals surface area contributed by atoms with Gasteiger partial charge in [0.1, 0.15) is 5.52 Å². The number of rotatable bonds is 3. The molecule has 0 bridgehead atoms. The van der Waals surface area contributed by atoms with Crippen LogP contribution in [-0.2, 0) is 0 Å². The summed E-state index contributed by atoms with van der Waals surface area (Å²) >= 11 is 1.62. The lowest BCUT2D eigenvalue weighted by molar-refractivity contribution is 0.765. The molecule has 2 aromatic rings. The summed E-state index contributed by atoms with van der Waals surface area (Å²) in [5.74, 6) is 0. The zero-order valence-electron chi connectivity index (χ0n) is 8.95. The summed E-state index contributed by atoms with van der Waals surface area (Å²) in [5.41, 5.74) is 10.5. The summed E-state index contributed by atoms with van der Waals surface area (Å²) in [6, 6.07) is 4.53. The second kappa shape index (κ2) is 4.06. The van der Waals surface area contributed by atoms with Crippen molar-refractivity contribution in [2.45, 2.75) is 26.3 Å². The average Bonchev–Trinajstić information content (AvgIpc) is 2.70. The lowest BCUT2D eigenvalue weighted by atomic mass is 10.2. The molecule has 1 aromatic heterocycles. The van der Waals surface area contributed by atoms with Crippen molar-refractivity contribution in [2.75, 3.05) is 11.1 Å². The number of hydrogen-bond donors (Lipinski definition) is 2. The molecular formula is C11H15N3S. The highest BCUT2D eigenvalue weighted by molar-refractivity contribution is 7.16. The molecule has 0 aliphatic carbocycles. The number of thiazole rings is 1. The summed E-state index contributed by atoms with van der Waals surface area (Å²) in [6.07, 6.45) is 1.08. The Morgan fingerprint density at radius 3 is 3.07 bits per heavy atom. The third-order valence-electron chi connectivity index (χ3n) is 2.56. The number of benzene rings is 1. The van der Waals surface area contributed by atoms with Gasteiger partial charge in [0, 0.05) is 6.04 Å². The van der Waals surface area contributed by atoms with Crippen LogP contribution in [0.4, 0.5) is 11.4 Å². The minimum Gasteiger partial charge on any atom is -0.395 e. The summed E-state index contributed by atoms with van der Waals surface area (Å²) in [7, 11) is 0. The van der Waals surface area contributed by atoms with E-state index in [1.807, 2.05) is 11.6 Å². The molecule has 3 nitrogen and oxygen atoms in total. The van der Waals surface area contributed by atoms with E-state index < -0.39 is 0 Å². The fraction of sp³-hybridized carbons (Fsp3) is 0.364. The molecule has 1 unspecified atom stereocenters. The smallest absolute Gasteiger partial charge is 0.106 e. The van der Waals surface area contributed by atoms with Gasteiger partial charge in [-0.2, -0.15) is 0 Å². The molecule has 1 atom stereocenters. The molecule has 2 rings (SSSR count). The zero-order chi connectivity index (χ0) is 10.8. The Hall–Kier alpha value is -1.29. The third kappa shape index (κ3) is 1.90. The number of fused-ring (bicyclic) bond motifs is 1. The van der Waals surface area contributed by atoms with Gasteiger partial charge < -0.3 is 11.1 Å². The molecule has 1 aromatic carbocycles. The van der Waals surface area contributed by atoms with E-state index in [1.165, 1.54) is 0 Å². The third-order valence-corrected chi connectivity index (χ3v) is 3.35. The second-order valence-corrected chi connectivity index (χ2v) is 4.57. The van der Waals surface area contributed by atoms with Crippen LogP contribution in [0.1, 0.15) is 20.3 Å². The van der Waals surface area contributed by atoms with Crippen molar-refractivity contribution < 1.29 is 0 Å². The Morgan fingerprint density at radius 1 is 1.53 bits per heavy atom. The SMILES string of the molecule is CCC(C)Nc1ccc2scnc2c1N. The fourth-order valence-corrected chi connectivity index (χ4v) is 2.14. The van der Waals surface area contributed by atoms with Gasteiger partial charge in [0.05, 0.1) is 21.6 Å². The van der Waals surface area contributed by atoms with Gasteiger partial charge in [0.2, 0.25) is 0 Å². The standard InChI is InChI=1S/C11H15N3S/c1-3-7(2)14-8-4-5-9-11(10(8)12)13-6-15-9/h4-7,14H,3,12H2,1-2H3. The zero-order valence-corrected chi connectivity index (χ0v) is 9.77. The van der Waals surface area contributed by atoms with Crippen LogP contribution >= 0.6 is 11.3 Å². The molecule has 0 aliphatic rings. The first kappa shape index (κ1) is 10.2. The highest BCUT2D eigenvalue weighted by Crippen LogP contribution is 2.30. The minimum atomic E-state index is 0.434. The van der Waals surface area contributed by atoms with Gasteiger partial charge >= 0.3 is 0 Å². The fourth-order valence-electron chi connectivity index (χ4n) is 1.45. The quantitative estimate of drug-likeness (QED) is 0.783. The summed E-state index contributed by atoms with van der Waals surface area (Å²) in [5, 5.41) is 3.38. The van der Waals surface area contributed by atoms with Crippen LogP contribution in [0.25, 0.3) is 10.2 Å². The normalized spacial score (nSPS) is 12.9. The Labute approximate surface area is 93.3 Å². The number of nitrogens with one attached hydrogen (secondary N) is 1. The first-order valence-corrected chi connectivity index (χ1v) is 5.98. The van der Waals surface area contributed by atoms with Crippen LogP contribution < -0.4 is 11.1 Å². The molecule has 0 amide bonds. The molecule has 0 aliphatic heterocycles. The van der Waals surface area contributed by atoms with Gasteiger partial charge in [0.25, 0.3) is 0 Å². The lowest BCUT2D eigenvalue weighted by Gasteiger charge is -2.14. The van der Waals surface area contributed by atoms with E-state index in [-0.39, 0.29) is 0 Å². The van der Waals surface area contributed by atoms with Gasteiger partial charge in [-0.3, -0.25) is 0 Å². The highest BCUT2D eigenvalue weighted by Gasteiger charge is 2.07. The second-order valence-electron chi connectivity index (χ2n) is 3.68. The van der Waals surface area contributed by atoms with Crippen molar-refractivity contribution >= 4 is 32.9 Å². The first-order chi connectivity index (χ1) is 7.22. The number of nitrogens with zero attached hydrogens (tertiary/aromatic N) is 1. The van der Waals surface area contributed by atoms with Crippen molar-refractivity contribution in [3.05, 3.63) is 17.6 Å². The molecule has 0 fully saturated rings. The molecule has 0 radical (unpaired) electrons. The average molecular weight is 221 g/mol. The van der Waals surface area contributed by atoms with E-state index in [0.29, 0.717) is 6.04 Å². The number of hydrogen-bond acceptors (Lipinski definition) is 4. The van der Waals surface area contributed by atoms with Gasteiger partial charge in [-0.15, -0.1) is 11.3 Å². The van der Waals surface area contributed by atoms with E-state index in [4.69, 9.17) is 5.73 Å². The summed E-state index contributed by atoms with van der Waals surface area (Å²) < 4.78 is 1.14. The monoisotopic (exact) mass is 221 g/mol. The van der Waals surface area contributed by atoms with Gasteiger partial charge in [-0.1, -0.05) is 6.92 Å². The van der Waals surface area contributed by atoms with Crippen molar-refractivity contribution in [2.24, 2.45) is 0 Å². The van der Waals surface area contributed by atoms with E-state index in [0.717, 1.165) is 28.0 Å². The van der Waals surface area contributed by atoms with Crippen LogP contribution in [-0.4, -0.2) is 11.0 Å². The summed E-state index contributed by atoms with van der Waals surface area (Å²) in [4.78, 5) is 4.27.